The molecular weight excluding hydrogens is 232 g/mol. The number of amides is 2. The van der Waals surface area contributed by atoms with Crippen molar-refractivity contribution in [3.63, 3.8) is 0 Å². The Labute approximate surface area is 108 Å². The van der Waals surface area contributed by atoms with Crippen LogP contribution in [-0.4, -0.2) is 48.4 Å². The lowest BCUT2D eigenvalue weighted by molar-refractivity contribution is -0.124. The first kappa shape index (κ1) is 14.9. The van der Waals surface area contributed by atoms with Gasteiger partial charge in [-0.2, -0.15) is 0 Å². The monoisotopic (exact) mass is 256 g/mol. The number of piperidine rings is 1. The van der Waals surface area contributed by atoms with Crippen molar-refractivity contribution >= 4 is 11.8 Å². The van der Waals surface area contributed by atoms with Crippen LogP contribution in [0.2, 0.25) is 0 Å². The van der Waals surface area contributed by atoms with E-state index < -0.39 is 6.04 Å². The summed E-state index contributed by atoms with van der Waals surface area (Å²) in [4.78, 5) is 24.6. The highest BCUT2D eigenvalue weighted by molar-refractivity contribution is 5.82. The molecule has 1 aliphatic rings. The van der Waals surface area contributed by atoms with Crippen molar-refractivity contribution in [1.82, 2.24) is 10.2 Å². The van der Waals surface area contributed by atoms with Crippen LogP contribution in [0.5, 0.6) is 0 Å². The SMILES string of the molecule is CC(C)[C@H](N)C(=O)NC1CCN(CC(N)=O)CC1. The van der Waals surface area contributed by atoms with Crippen molar-refractivity contribution in [2.24, 2.45) is 17.4 Å². The summed E-state index contributed by atoms with van der Waals surface area (Å²) < 4.78 is 0. The third kappa shape index (κ3) is 4.62. The van der Waals surface area contributed by atoms with Crippen LogP contribution in [0, 0.1) is 5.92 Å². The van der Waals surface area contributed by atoms with E-state index in [2.05, 4.69) is 5.32 Å². The van der Waals surface area contributed by atoms with Crippen molar-refractivity contribution in [2.45, 2.75) is 38.8 Å². The Morgan fingerprint density at radius 3 is 2.33 bits per heavy atom. The maximum Gasteiger partial charge on any atom is 0.237 e. The topological polar surface area (TPSA) is 101 Å². The highest BCUT2D eigenvalue weighted by atomic mass is 16.2. The first-order valence-electron chi connectivity index (χ1n) is 6.46. The molecule has 1 heterocycles. The van der Waals surface area contributed by atoms with Crippen LogP contribution in [0.4, 0.5) is 0 Å². The van der Waals surface area contributed by atoms with Gasteiger partial charge in [0.25, 0.3) is 0 Å². The molecule has 2 amide bonds. The summed E-state index contributed by atoms with van der Waals surface area (Å²) in [5, 5.41) is 2.97. The quantitative estimate of drug-likeness (QED) is 0.589. The predicted molar refractivity (Wildman–Crippen MR) is 69.6 cm³/mol. The Hall–Kier alpha value is -1.14. The average Bonchev–Trinajstić information content (AvgIpc) is 2.29. The van der Waals surface area contributed by atoms with E-state index in [1.807, 2.05) is 18.7 Å². The van der Waals surface area contributed by atoms with Gasteiger partial charge in [0.15, 0.2) is 0 Å². The van der Waals surface area contributed by atoms with E-state index >= 15 is 0 Å². The molecule has 104 valence electrons. The second kappa shape index (κ2) is 6.70. The summed E-state index contributed by atoms with van der Waals surface area (Å²) in [6.45, 7) is 5.72. The minimum atomic E-state index is -0.450. The van der Waals surface area contributed by atoms with Crippen LogP contribution < -0.4 is 16.8 Å². The molecule has 0 aliphatic carbocycles. The third-order valence-electron chi connectivity index (χ3n) is 3.33. The molecule has 1 rings (SSSR count). The summed E-state index contributed by atoms with van der Waals surface area (Å²) in [6.07, 6.45) is 1.67. The van der Waals surface area contributed by atoms with Gasteiger partial charge >= 0.3 is 0 Å². The first-order chi connectivity index (χ1) is 8.40. The summed E-state index contributed by atoms with van der Waals surface area (Å²) in [5.74, 6) is -0.252. The van der Waals surface area contributed by atoms with E-state index in [-0.39, 0.29) is 23.8 Å². The molecule has 0 saturated carbocycles. The minimum absolute atomic E-state index is 0.0849. The lowest BCUT2D eigenvalue weighted by Crippen LogP contribution is -2.51. The molecule has 0 aromatic heterocycles. The lowest BCUT2D eigenvalue weighted by atomic mass is 10.0. The zero-order chi connectivity index (χ0) is 13.7. The maximum absolute atomic E-state index is 11.8. The summed E-state index contributed by atoms with van der Waals surface area (Å²) in [5.41, 5.74) is 10.9. The Morgan fingerprint density at radius 2 is 1.89 bits per heavy atom. The van der Waals surface area contributed by atoms with E-state index in [4.69, 9.17) is 11.5 Å². The average molecular weight is 256 g/mol. The number of nitrogens with one attached hydrogen (secondary N) is 1. The number of rotatable bonds is 5. The van der Waals surface area contributed by atoms with Crippen LogP contribution >= 0.6 is 0 Å². The fourth-order valence-corrected chi connectivity index (χ4v) is 2.06. The van der Waals surface area contributed by atoms with Crippen LogP contribution in [0.25, 0.3) is 0 Å². The lowest BCUT2D eigenvalue weighted by Gasteiger charge is -2.32. The fraction of sp³-hybridized carbons (Fsp3) is 0.833. The van der Waals surface area contributed by atoms with Gasteiger partial charge in [0.1, 0.15) is 0 Å². The van der Waals surface area contributed by atoms with Gasteiger partial charge in [-0.1, -0.05) is 13.8 Å². The van der Waals surface area contributed by atoms with Crippen LogP contribution in [0.3, 0.4) is 0 Å². The third-order valence-corrected chi connectivity index (χ3v) is 3.33. The number of likely N-dealkylation sites (tertiary alicyclic amines) is 1. The number of primary amides is 1. The molecule has 0 radical (unpaired) electrons. The summed E-state index contributed by atoms with van der Waals surface area (Å²) in [6, 6.07) is -0.292. The zero-order valence-electron chi connectivity index (χ0n) is 11.2. The van der Waals surface area contributed by atoms with Gasteiger partial charge in [0.05, 0.1) is 12.6 Å². The molecular formula is C12H24N4O2. The Balaban J connectivity index is 2.31. The molecule has 6 heteroatoms. The zero-order valence-corrected chi connectivity index (χ0v) is 11.2. The summed E-state index contributed by atoms with van der Waals surface area (Å²) >= 11 is 0. The predicted octanol–water partition coefficient (Wildman–Crippen LogP) is -0.964. The largest absolute Gasteiger partial charge is 0.369 e. The molecule has 1 atom stereocenters. The number of carbonyl (C=O) groups excluding carboxylic acids is 2. The number of hydrogen-bond donors (Lipinski definition) is 3. The molecule has 1 fully saturated rings. The van der Waals surface area contributed by atoms with E-state index in [0.29, 0.717) is 6.54 Å². The number of nitrogens with two attached hydrogens (primary N) is 2. The van der Waals surface area contributed by atoms with Crippen LogP contribution in [-0.2, 0) is 9.59 Å². The van der Waals surface area contributed by atoms with Crippen molar-refractivity contribution in [3.05, 3.63) is 0 Å². The highest BCUT2D eigenvalue weighted by Crippen LogP contribution is 2.10. The van der Waals surface area contributed by atoms with E-state index in [1.165, 1.54) is 0 Å². The van der Waals surface area contributed by atoms with E-state index in [9.17, 15) is 9.59 Å². The number of carbonyl (C=O) groups is 2. The van der Waals surface area contributed by atoms with Gasteiger partial charge in [-0.05, 0) is 18.8 Å². The highest BCUT2D eigenvalue weighted by Gasteiger charge is 2.24. The second-order valence-corrected chi connectivity index (χ2v) is 5.30. The molecule has 1 aliphatic heterocycles. The van der Waals surface area contributed by atoms with Gasteiger partial charge in [0, 0.05) is 19.1 Å². The fourth-order valence-electron chi connectivity index (χ4n) is 2.06. The van der Waals surface area contributed by atoms with Crippen molar-refractivity contribution in [1.29, 1.82) is 0 Å². The molecule has 0 spiro atoms. The minimum Gasteiger partial charge on any atom is -0.369 e. The van der Waals surface area contributed by atoms with Gasteiger partial charge in [0.2, 0.25) is 11.8 Å². The molecule has 0 bridgehead atoms. The normalized spacial score (nSPS) is 19.8. The van der Waals surface area contributed by atoms with Gasteiger partial charge in [-0.25, -0.2) is 0 Å². The molecule has 1 saturated heterocycles. The summed E-state index contributed by atoms with van der Waals surface area (Å²) in [7, 11) is 0. The van der Waals surface area contributed by atoms with Gasteiger partial charge < -0.3 is 16.8 Å². The molecule has 0 unspecified atom stereocenters. The smallest absolute Gasteiger partial charge is 0.237 e. The standard InChI is InChI=1S/C12H24N4O2/c1-8(2)11(14)12(18)15-9-3-5-16(6-4-9)7-10(13)17/h8-9,11H,3-7,14H2,1-2H3,(H2,13,17)(H,15,18)/t11-/m0/s1. The van der Waals surface area contributed by atoms with E-state index in [1.54, 1.807) is 0 Å². The Bertz CT molecular complexity index is 298. The van der Waals surface area contributed by atoms with Crippen LogP contribution in [0.1, 0.15) is 26.7 Å². The van der Waals surface area contributed by atoms with Crippen molar-refractivity contribution in [3.8, 4) is 0 Å². The maximum atomic E-state index is 11.8. The molecule has 18 heavy (non-hydrogen) atoms. The van der Waals surface area contributed by atoms with Gasteiger partial charge in [-0.15, -0.1) is 0 Å². The number of nitrogens with zero attached hydrogens (tertiary/aromatic N) is 1. The molecule has 5 N–H and O–H groups in total. The number of hydrogen-bond acceptors (Lipinski definition) is 4. The van der Waals surface area contributed by atoms with Crippen molar-refractivity contribution in [2.75, 3.05) is 19.6 Å². The van der Waals surface area contributed by atoms with Crippen molar-refractivity contribution < 1.29 is 9.59 Å². The van der Waals surface area contributed by atoms with Crippen LogP contribution in [0.15, 0.2) is 0 Å². The van der Waals surface area contributed by atoms with E-state index in [0.717, 1.165) is 25.9 Å². The Morgan fingerprint density at radius 1 is 1.33 bits per heavy atom. The first-order valence-corrected chi connectivity index (χ1v) is 6.46. The molecule has 6 nitrogen and oxygen atoms in total. The van der Waals surface area contributed by atoms with Gasteiger partial charge in [-0.3, -0.25) is 14.5 Å². The second-order valence-electron chi connectivity index (χ2n) is 5.30. The molecule has 0 aromatic rings. The Kier molecular flexibility index (Phi) is 5.55. The molecule has 0 aromatic carbocycles.